The molecule has 1 amide bonds. The number of thiophene rings is 1. The van der Waals surface area contributed by atoms with E-state index in [1.807, 2.05) is 6.07 Å². The average Bonchev–Trinajstić information content (AvgIpc) is 3.16. The van der Waals surface area contributed by atoms with Gasteiger partial charge in [0.25, 0.3) is 15.9 Å². The number of benzene rings is 2. The molecule has 1 N–H and O–H groups in total. The Labute approximate surface area is 162 Å². The molecule has 4 rings (SSSR count). The molecule has 0 saturated carbocycles. The first-order valence-corrected chi connectivity index (χ1v) is 10.9. The maximum Gasteiger partial charge on any atom is 0.261 e. The first-order valence-electron chi connectivity index (χ1n) is 8.55. The van der Waals surface area contributed by atoms with E-state index in [1.54, 1.807) is 52.6 Å². The number of amides is 1. The summed E-state index contributed by atoms with van der Waals surface area (Å²) in [4.78, 5) is 16.0. The fourth-order valence-corrected chi connectivity index (χ4v) is 5.05. The normalized spacial score (nSPS) is 13.9. The second-order valence-electron chi connectivity index (χ2n) is 6.34. The molecule has 5 nitrogen and oxygen atoms in total. The van der Waals surface area contributed by atoms with Crippen molar-refractivity contribution in [1.82, 2.24) is 4.90 Å². The van der Waals surface area contributed by atoms with Gasteiger partial charge >= 0.3 is 0 Å². The second-order valence-corrected chi connectivity index (χ2v) is 9.02. The standard InChI is InChI=1S/C20H18N2O3S2/c23-20(22-12-10-19-16(14-22)11-13-26-19)15-6-8-18(9-7-15)27(24,25)21-17-4-2-1-3-5-17/h1-9,11,13,21H,10,12,14H2. The molecule has 2 heterocycles. The number of rotatable bonds is 4. The number of carbonyl (C=O) groups is 1. The monoisotopic (exact) mass is 398 g/mol. The summed E-state index contributed by atoms with van der Waals surface area (Å²) < 4.78 is 27.5. The van der Waals surface area contributed by atoms with Crippen LogP contribution in [0.5, 0.6) is 0 Å². The van der Waals surface area contributed by atoms with Crippen molar-refractivity contribution in [2.24, 2.45) is 0 Å². The number of anilines is 1. The predicted octanol–water partition coefficient (Wildman–Crippen LogP) is 3.75. The Morgan fingerprint density at radius 1 is 1.00 bits per heavy atom. The molecule has 27 heavy (non-hydrogen) atoms. The molecule has 0 saturated heterocycles. The quantitative estimate of drug-likeness (QED) is 0.728. The molecule has 1 aromatic heterocycles. The van der Waals surface area contributed by atoms with Gasteiger partial charge in [0.2, 0.25) is 0 Å². The molecular formula is C20H18N2O3S2. The van der Waals surface area contributed by atoms with E-state index in [0.29, 0.717) is 24.3 Å². The van der Waals surface area contributed by atoms with Gasteiger partial charge in [-0.2, -0.15) is 0 Å². The molecule has 7 heteroatoms. The van der Waals surface area contributed by atoms with E-state index in [2.05, 4.69) is 16.2 Å². The van der Waals surface area contributed by atoms with Crippen LogP contribution in [0.3, 0.4) is 0 Å². The lowest BCUT2D eigenvalue weighted by Crippen LogP contribution is -2.35. The van der Waals surface area contributed by atoms with E-state index < -0.39 is 10.0 Å². The van der Waals surface area contributed by atoms with Crippen molar-refractivity contribution in [3.63, 3.8) is 0 Å². The number of carbonyl (C=O) groups excluding carboxylic acids is 1. The largest absolute Gasteiger partial charge is 0.334 e. The van der Waals surface area contributed by atoms with Crippen LogP contribution < -0.4 is 4.72 Å². The lowest BCUT2D eigenvalue weighted by molar-refractivity contribution is 0.0736. The molecule has 0 bridgehead atoms. The Balaban J connectivity index is 1.49. The van der Waals surface area contributed by atoms with Crippen LogP contribution in [0.1, 0.15) is 20.8 Å². The number of para-hydroxylation sites is 1. The number of fused-ring (bicyclic) bond motifs is 1. The van der Waals surface area contributed by atoms with Crippen molar-refractivity contribution in [1.29, 1.82) is 0 Å². The molecule has 0 aliphatic carbocycles. The van der Waals surface area contributed by atoms with Crippen molar-refractivity contribution in [2.45, 2.75) is 17.9 Å². The number of nitrogens with one attached hydrogen (secondary N) is 1. The van der Waals surface area contributed by atoms with Gasteiger partial charge in [-0.25, -0.2) is 8.42 Å². The lowest BCUT2D eigenvalue weighted by atomic mass is 10.1. The summed E-state index contributed by atoms with van der Waals surface area (Å²) >= 11 is 1.73. The van der Waals surface area contributed by atoms with Crippen LogP contribution in [0.4, 0.5) is 5.69 Å². The molecule has 1 aliphatic heterocycles. The number of sulfonamides is 1. The highest BCUT2D eigenvalue weighted by Gasteiger charge is 2.23. The Morgan fingerprint density at radius 2 is 1.74 bits per heavy atom. The van der Waals surface area contributed by atoms with Gasteiger partial charge in [0.1, 0.15) is 0 Å². The van der Waals surface area contributed by atoms with E-state index in [4.69, 9.17) is 0 Å². The highest BCUT2D eigenvalue weighted by Crippen LogP contribution is 2.25. The maximum atomic E-state index is 12.7. The van der Waals surface area contributed by atoms with Crippen LogP contribution in [0.25, 0.3) is 0 Å². The van der Waals surface area contributed by atoms with Gasteiger partial charge in [0, 0.05) is 29.2 Å². The fourth-order valence-electron chi connectivity index (χ4n) is 3.10. The molecule has 0 unspecified atom stereocenters. The van der Waals surface area contributed by atoms with Crippen LogP contribution in [-0.4, -0.2) is 25.8 Å². The zero-order valence-electron chi connectivity index (χ0n) is 14.5. The molecule has 0 fully saturated rings. The van der Waals surface area contributed by atoms with E-state index >= 15 is 0 Å². The Bertz CT molecular complexity index is 1060. The summed E-state index contributed by atoms with van der Waals surface area (Å²) in [5.74, 6) is -0.0770. The van der Waals surface area contributed by atoms with Crippen molar-refractivity contribution in [3.05, 3.63) is 82.0 Å². The number of hydrogen-bond acceptors (Lipinski definition) is 4. The van der Waals surface area contributed by atoms with Crippen LogP contribution in [0, 0.1) is 0 Å². The number of nitrogens with zero attached hydrogens (tertiary/aromatic N) is 1. The van der Waals surface area contributed by atoms with Crippen LogP contribution in [0.15, 0.2) is 70.9 Å². The van der Waals surface area contributed by atoms with E-state index in [1.165, 1.54) is 22.6 Å². The minimum atomic E-state index is -3.69. The third kappa shape index (κ3) is 3.74. The summed E-state index contributed by atoms with van der Waals surface area (Å²) in [6, 6.07) is 16.9. The van der Waals surface area contributed by atoms with Crippen LogP contribution in [0.2, 0.25) is 0 Å². The van der Waals surface area contributed by atoms with Crippen LogP contribution in [-0.2, 0) is 23.0 Å². The van der Waals surface area contributed by atoms with E-state index in [0.717, 1.165) is 6.42 Å². The topological polar surface area (TPSA) is 66.5 Å². The van der Waals surface area contributed by atoms with Crippen molar-refractivity contribution >= 4 is 33.0 Å². The summed E-state index contributed by atoms with van der Waals surface area (Å²) in [7, 11) is -3.69. The summed E-state index contributed by atoms with van der Waals surface area (Å²) in [5, 5.41) is 2.05. The van der Waals surface area contributed by atoms with E-state index in [-0.39, 0.29) is 10.8 Å². The van der Waals surface area contributed by atoms with E-state index in [9.17, 15) is 13.2 Å². The predicted molar refractivity (Wildman–Crippen MR) is 106 cm³/mol. The Hall–Kier alpha value is -2.64. The minimum absolute atomic E-state index is 0.0770. The third-order valence-corrected chi connectivity index (χ3v) is 6.95. The van der Waals surface area contributed by atoms with Gasteiger partial charge in [-0.15, -0.1) is 11.3 Å². The van der Waals surface area contributed by atoms with Gasteiger partial charge in [-0.3, -0.25) is 9.52 Å². The third-order valence-electron chi connectivity index (χ3n) is 4.53. The Morgan fingerprint density at radius 3 is 2.48 bits per heavy atom. The average molecular weight is 399 g/mol. The lowest BCUT2D eigenvalue weighted by Gasteiger charge is -2.27. The van der Waals surface area contributed by atoms with Crippen molar-refractivity contribution in [2.75, 3.05) is 11.3 Å². The molecule has 0 spiro atoms. The molecule has 138 valence electrons. The summed E-state index contributed by atoms with van der Waals surface area (Å²) in [5.41, 5.74) is 2.19. The zero-order valence-corrected chi connectivity index (χ0v) is 16.1. The smallest absolute Gasteiger partial charge is 0.261 e. The summed E-state index contributed by atoms with van der Waals surface area (Å²) in [6.45, 7) is 1.29. The molecule has 1 aliphatic rings. The highest BCUT2D eigenvalue weighted by atomic mass is 32.2. The molecule has 3 aromatic rings. The van der Waals surface area contributed by atoms with Crippen molar-refractivity contribution in [3.8, 4) is 0 Å². The van der Waals surface area contributed by atoms with Gasteiger partial charge in [0.05, 0.1) is 4.90 Å². The van der Waals surface area contributed by atoms with Crippen LogP contribution >= 0.6 is 11.3 Å². The molecule has 0 atom stereocenters. The van der Waals surface area contributed by atoms with Crippen molar-refractivity contribution < 1.29 is 13.2 Å². The van der Waals surface area contributed by atoms with Gasteiger partial charge in [-0.05, 0) is 59.8 Å². The Kier molecular flexibility index (Phi) is 4.72. The fraction of sp³-hybridized carbons (Fsp3) is 0.150. The first kappa shape index (κ1) is 17.8. The van der Waals surface area contributed by atoms with Gasteiger partial charge in [-0.1, -0.05) is 18.2 Å². The molecule has 0 radical (unpaired) electrons. The SMILES string of the molecule is O=C(c1ccc(S(=O)(=O)Nc2ccccc2)cc1)N1CCc2sccc2C1. The minimum Gasteiger partial charge on any atom is -0.334 e. The summed E-state index contributed by atoms with van der Waals surface area (Å²) in [6.07, 6.45) is 0.867. The molecule has 2 aromatic carbocycles. The van der Waals surface area contributed by atoms with Gasteiger partial charge < -0.3 is 4.90 Å². The second kappa shape index (κ2) is 7.17. The first-order chi connectivity index (χ1) is 13.0. The maximum absolute atomic E-state index is 12.7. The highest BCUT2D eigenvalue weighted by molar-refractivity contribution is 7.92. The van der Waals surface area contributed by atoms with Gasteiger partial charge in [0.15, 0.2) is 0 Å². The number of hydrogen-bond donors (Lipinski definition) is 1. The zero-order chi connectivity index (χ0) is 18.9. The molecular weight excluding hydrogens is 380 g/mol.